The molecular formula is C13H19NO2. The monoisotopic (exact) mass is 221 g/mol. The molecular weight excluding hydrogens is 202 g/mol. The quantitative estimate of drug-likeness (QED) is 0.844. The van der Waals surface area contributed by atoms with Crippen LogP contribution < -0.4 is 0 Å². The molecule has 0 aromatic heterocycles. The van der Waals surface area contributed by atoms with Crippen LogP contribution in [0, 0.1) is 12.8 Å². The normalized spacial score (nSPS) is 14.3. The Kier molecular flexibility index (Phi) is 4.07. The van der Waals surface area contributed by atoms with Gasteiger partial charge in [0.05, 0.1) is 12.0 Å². The predicted octanol–water partition coefficient (Wildman–Crippen LogP) is 1.75. The minimum Gasteiger partial charge on any atom is -0.388 e. The van der Waals surface area contributed by atoms with Crippen LogP contribution in [-0.4, -0.2) is 30.0 Å². The molecule has 0 saturated heterocycles. The number of amides is 1. The van der Waals surface area contributed by atoms with Gasteiger partial charge in [-0.1, -0.05) is 36.8 Å². The Morgan fingerprint density at radius 3 is 2.19 bits per heavy atom. The molecule has 1 rings (SSSR count). The molecule has 0 radical (unpaired) electrons. The number of benzene rings is 1. The second kappa shape index (κ2) is 5.12. The van der Waals surface area contributed by atoms with E-state index in [0.717, 1.165) is 11.1 Å². The molecule has 2 atom stereocenters. The molecule has 0 aliphatic carbocycles. The third-order valence-corrected chi connectivity index (χ3v) is 2.72. The largest absolute Gasteiger partial charge is 0.388 e. The second-order valence-electron chi connectivity index (χ2n) is 4.38. The third kappa shape index (κ3) is 2.83. The molecule has 0 saturated carbocycles. The molecule has 1 aromatic rings. The van der Waals surface area contributed by atoms with Crippen molar-refractivity contribution in [3.05, 3.63) is 35.4 Å². The molecule has 0 aliphatic heterocycles. The van der Waals surface area contributed by atoms with Crippen LogP contribution in [0.1, 0.15) is 24.2 Å². The zero-order chi connectivity index (χ0) is 12.3. The summed E-state index contributed by atoms with van der Waals surface area (Å²) in [7, 11) is 3.39. The topological polar surface area (TPSA) is 40.5 Å². The van der Waals surface area contributed by atoms with Crippen molar-refractivity contribution in [2.24, 2.45) is 5.92 Å². The first-order valence-corrected chi connectivity index (χ1v) is 5.39. The van der Waals surface area contributed by atoms with Gasteiger partial charge in [0.1, 0.15) is 0 Å². The van der Waals surface area contributed by atoms with Gasteiger partial charge in [-0.3, -0.25) is 4.79 Å². The van der Waals surface area contributed by atoms with E-state index in [2.05, 4.69) is 0 Å². The maximum absolute atomic E-state index is 11.7. The summed E-state index contributed by atoms with van der Waals surface area (Å²) in [6.45, 7) is 3.73. The summed E-state index contributed by atoms with van der Waals surface area (Å²) in [5.74, 6) is -0.481. The fraction of sp³-hybridized carbons (Fsp3) is 0.462. The van der Waals surface area contributed by atoms with Crippen molar-refractivity contribution >= 4 is 5.91 Å². The van der Waals surface area contributed by atoms with Crippen LogP contribution >= 0.6 is 0 Å². The van der Waals surface area contributed by atoms with Gasteiger partial charge in [-0.15, -0.1) is 0 Å². The molecule has 0 aliphatic rings. The maximum Gasteiger partial charge on any atom is 0.227 e. The van der Waals surface area contributed by atoms with Crippen LogP contribution in [0.2, 0.25) is 0 Å². The van der Waals surface area contributed by atoms with Crippen LogP contribution in [0.5, 0.6) is 0 Å². The highest BCUT2D eigenvalue weighted by atomic mass is 16.3. The summed E-state index contributed by atoms with van der Waals surface area (Å²) in [5, 5.41) is 10.1. The average Bonchev–Trinajstić information content (AvgIpc) is 2.27. The van der Waals surface area contributed by atoms with Gasteiger partial charge in [0.25, 0.3) is 0 Å². The summed E-state index contributed by atoms with van der Waals surface area (Å²) >= 11 is 0. The first-order valence-electron chi connectivity index (χ1n) is 5.39. The molecule has 0 heterocycles. The number of carbonyl (C=O) groups excluding carboxylic acids is 1. The van der Waals surface area contributed by atoms with Crippen molar-refractivity contribution < 1.29 is 9.90 Å². The van der Waals surface area contributed by atoms with Crippen molar-refractivity contribution in [3.8, 4) is 0 Å². The van der Waals surface area contributed by atoms with E-state index in [1.165, 1.54) is 4.90 Å². The van der Waals surface area contributed by atoms with Gasteiger partial charge in [-0.2, -0.15) is 0 Å². The number of aliphatic hydroxyl groups is 1. The van der Waals surface area contributed by atoms with E-state index in [1.807, 2.05) is 31.2 Å². The summed E-state index contributed by atoms with van der Waals surface area (Å²) in [5.41, 5.74) is 1.93. The fourth-order valence-electron chi connectivity index (χ4n) is 1.59. The van der Waals surface area contributed by atoms with Gasteiger partial charge in [0.15, 0.2) is 0 Å². The van der Waals surface area contributed by atoms with E-state index in [1.54, 1.807) is 21.0 Å². The number of carbonyl (C=O) groups is 1. The van der Waals surface area contributed by atoms with Crippen molar-refractivity contribution in [3.63, 3.8) is 0 Å². The highest BCUT2D eigenvalue weighted by Gasteiger charge is 2.24. The average molecular weight is 221 g/mol. The van der Waals surface area contributed by atoms with Gasteiger partial charge in [-0.25, -0.2) is 0 Å². The first-order chi connectivity index (χ1) is 7.43. The van der Waals surface area contributed by atoms with Gasteiger partial charge in [0, 0.05) is 14.1 Å². The Morgan fingerprint density at radius 2 is 1.75 bits per heavy atom. The molecule has 0 bridgehead atoms. The molecule has 3 heteroatoms. The number of nitrogens with zero attached hydrogens (tertiary/aromatic N) is 1. The molecule has 1 amide bonds. The van der Waals surface area contributed by atoms with Gasteiger partial charge in [-0.05, 0) is 12.5 Å². The Hall–Kier alpha value is -1.35. The van der Waals surface area contributed by atoms with E-state index < -0.39 is 12.0 Å². The Labute approximate surface area is 96.7 Å². The van der Waals surface area contributed by atoms with E-state index in [4.69, 9.17) is 0 Å². The van der Waals surface area contributed by atoms with E-state index in [9.17, 15) is 9.90 Å². The summed E-state index contributed by atoms with van der Waals surface area (Å²) in [4.78, 5) is 13.2. The van der Waals surface area contributed by atoms with Crippen molar-refractivity contribution in [1.29, 1.82) is 0 Å². The van der Waals surface area contributed by atoms with Crippen molar-refractivity contribution in [2.45, 2.75) is 20.0 Å². The zero-order valence-electron chi connectivity index (χ0n) is 10.3. The smallest absolute Gasteiger partial charge is 0.227 e. The summed E-state index contributed by atoms with van der Waals surface area (Å²) < 4.78 is 0. The molecule has 1 N–H and O–H groups in total. The Morgan fingerprint density at radius 1 is 1.25 bits per heavy atom. The lowest BCUT2D eigenvalue weighted by Gasteiger charge is -2.22. The number of aliphatic hydroxyl groups excluding tert-OH is 1. The molecule has 16 heavy (non-hydrogen) atoms. The maximum atomic E-state index is 11.7. The molecule has 88 valence electrons. The minimum absolute atomic E-state index is 0.0620. The first kappa shape index (κ1) is 12.7. The lowest BCUT2D eigenvalue weighted by atomic mass is 9.96. The van der Waals surface area contributed by atoms with Crippen LogP contribution in [0.3, 0.4) is 0 Å². The van der Waals surface area contributed by atoms with Gasteiger partial charge < -0.3 is 10.0 Å². The van der Waals surface area contributed by atoms with Crippen LogP contribution in [0.25, 0.3) is 0 Å². The molecule has 0 fully saturated rings. The molecule has 1 aromatic carbocycles. The SMILES string of the molecule is Cc1ccc([C@@H](O)[C@@H](C)C(=O)N(C)C)cc1. The molecule has 3 nitrogen and oxygen atoms in total. The number of aryl methyl sites for hydroxylation is 1. The predicted molar refractivity (Wildman–Crippen MR) is 64.0 cm³/mol. The number of rotatable bonds is 3. The van der Waals surface area contributed by atoms with Crippen LogP contribution in [0.15, 0.2) is 24.3 Å². The fourth-order valence-corrected chi connectivity index (χ4v) is 1.59. The van der Waals surface area contributed by atoms with Gasteiger partial charge in [0.2, 0.25) is 5.91 Å². The highest BCUT2D eigenvalue weighted by molar-refractivity contribution is 5.78. The Bertz CT molecular complexity index is 357. The van der Waals surface area contributed by atoms with Gasteiger partial charge >= 0.3 is 0 Å². The van der Waals surface area contributed by atoms with Crippen molar-refractivity contribution in [2.75, 3.05) is 14.1 Å². The molecule has 0 spiro atoms. The number of hydrogen-bond donors (Lipinski definition) is 1. The number of hydrogen-bond acceptors (Lipinski definition) is 2. The zero-order valence-corrected chi connectivity index (χ0v) is 10.3. The lowest BCUT2D eigenvalue weighted by Crippen LogP contribution is -2.31. The minimum atomic E-state index is -0.740. The van der Waals surface area contributed by atoms with Crippen LogP contribution in [-0.2, 0) is 4.79 Å². The van der Waals surface area contributed by atoms with Crippen LogP contribution in [0.4, 0.5) is 0 Å². The Balaban J connectivity index is 2.81. The van der Waals surface area contributed by atoms with E-state index >= 15 is 0 Å². The molecule has 0 unspecified atom stereocenters. The summed E-state index contributed by atoms with van der Waals surface area (Å²) in [6.07, 6.45) is -0.740. The lowest BCUT2D eigenvalue weighted by molar-refractivity contribution is -0.136. The van der Waals surface area contributed by atoms with E-state index in [-0.39, 0.29) is 5.91 Å². The second-order valence-corrected chi connectivity index (χ2v) is 4.38. The standard InChI is InChI=1S/C13H19NO2/c1-9-5-7-11(8-6-9)12(15)10(2)13(16)14(3)4/h5-8,10,12,15H,1-4H3/t10-,12+/m1/s1. The highest BCUT2D eigenvalue weighted by Crippen LogP contribution is 2.23. The van der Waals surface area contributed by atoms with E-state index in [0.29, 0.717) is 0 Å². The van der Waals surface area contributed by atoms with Crippen molar-refractivity contribution in [1.82, 2.24) is 4.90 Å². The third-order valence-electron chi connectivity index (χ3n) is 2.72. The summed E-state index contributed by atoms with van der Waals surface area (Å²) in [6, 6.07) is 7.59.